The van der Waals surface area contributed by atoms with Gasteiger partial charge in [0.15, 0.2) is 6.10 Å². The molecule has 6 atom stereocenters. The Morgan fingerprint density at radius 3 is 1.81 bits per heavy atom. The fraction of sp³-hybridized carbons (Fsp3) is 0.854. The van der Waals surface area contributed by atoms with Gasteiger partial charge in [-0.2, -0.15) is 4.31 Å². The van der Waals surface area contributed by atoms with Crippen molar-refractivity contribution in [2.24, 2.45) is 5.11 Å². The van der Waals surface area contributed by atoms with Gasteiger partial charge < -0.3 is 24.0 Å². The van der Waals surface area contributed by atoms with Crippen LogP contribution in [-0.2, 0) is 46.3 Å². The highest BCUT2D eigenvalue weighted by Crippen LogP contribution is 2.60. The molecule has 356 valence electrons. The lowest BCUT2D eigenvalue weighted by Crippen LogP contribution is -2.33. The number of unbranched alkanes of at least 4 members (excludes halogenated alkanes) is 20. The van der Waals surface area contributed by atoms with Crippen LogP contribution >= 0.6 is 15.6 Å². The molecule has 1 saturated heterocycles. The maximum atomic E-state index is 12.9. The number of aromatic amines is 1. The summed E-state index contributed by atoms with van der Waals surface area (Å²) in [6.45, 7) is 3.74. The van der Waals surface area contributed by atoms with Gasteiger partial charge in [-0.3, -0.25) is 33.0 Å². The molecule has 0 spiro atoms. The van der Waals surface area contributed by atoms with Crippen molar-refractivity contribution in [3.05, 3.63) is 43.0 Å². The van der Waals surface area contributed by atoms with E-state index in [9.17, 15) is 38.1 Å². The van der Waals surface area contributed by atoms with Crippen molar-refractivity contribution >= 4 is 27.6 Å². The van der Waals surface area contributed by atoms with Crippen LogP contribution in [0.5, 0.6) is 0 Å². The zero-order valence-electron chi connectivity index (χ0n) is 37.2. The lowest BCUT2D eigenvalue weighted by Gasteiger charge is -2.22. The summed E-state index contributed by atoms with van der Waals surface area (Å²) in [7, 11) is -10.8. The van der Waals surface area contributed by atoms with Gasteiger partial charge in [-0.1, -0.05) is 147 Å². The van der Waals surface area contributed by atoms with Crippen molar-refractivity contribution in [3.63, 3.8) is 0 Å². The van der Waals surface area contributed by atoms with Crippen LogP contribution in [0.3, 0.4) is 0 Å². The van der Waals surface area contributed by atoms with Crippen molar-refractivity contribution in [2.75, 3.05) is 19.8 Å². The number of hydrogen-bond acceptors (Lipinski definition) is 13. The number of rotatable bonds is 37. The molecule has 62 heavy (non-hydrogen) atoms. The predicted octanol–water partition coefficient (Wildman–Crippen LogP) is 9.92. The van der Waals surface area contributed by atoms with Gasteiger partial charge in [0.1, 0.15) is 12.8 Å². The molecule has 3 unspecified atom stereocenters. The van der Waals surface area contributed by atoms with Crippen molar-refractivity contribution < 1.29 is 56.1 Å². The molecule has 0 radical (unpaired) electrons. The molecule has 2 rings (SSSR count). The maximum Gasteiger partial charge on any atom is 0.481 e. The van der Waals surface area contributed by atoms with Gasteiger partial charge >= 0.3 is 33.3 Å². The van der Waals surface area contributed by atoms with E-state index in [1.165, 1.54) is 90.2 Å². The lowest BCUT2D eigenvalue weighted by atomic mass is 10.1. The second-order valence-corrected chi connectivity index (χ2v) is 19.1. The van der Waals surface area contributed by atoms with Gasteiger partial charge in [-0.15, -0.1) is 0 Å². The van der Waals surface area contributed by atoms with Gasteiger partial charge in [0.25, 0.3) is 5.56 Å². The largest absolute Gasteiger partial charge is 0.481 e. The summed E-state index contributed by atoms with van der Waals surface area (Å²) in [5.41, 5.74) is 7.82. The second-order valence-electron chi connectivity index (χ2n) is 16.1. The van der Waals surface area contributed by atoms with E-state index in [1.54, 1.807) is 0 Å². The molecule has 0 aliphatic carbocycles. The van der Waals surface area contributed by atoms with Gasteiger partial charge in [0.2, 0.25) is 0 Å². The average Bonchev–Trinajstić information content (AvgIpc) is 3.62. The monoisotopic (exact) mass is 921 g/mol. The maximum absolute atomic E-state index is 12.9. The molecule has 1 aromatic heterocycles. The Morgan fingerprint density at radius 2 is 1.29 bits per heavy atom. The third-order valence-corrected chi connectivity index (χ3v) is 13.2. The first-order valence-electron chi connectivity index (χ1n) is 22.7. The van der Waals surface area contributed by atoms with E-state index in [-0.39, 0.29) is 24.8 Å². The normalized spacial score (nSPS) is 18.7. The first-order chi connectivity index (χ1) is 29.7. The van der Waals surface area contributed by atoms with Crippen LogP contribution in [0.2, 0.25) is 0 Å². The molecule has 0 saturated carbocycles. The minimum Gasteiger partial charge on any atom is -0.462 e. The Bertz CT molecular complexity index is 1700. The molecule has 0 amide bonds. The van der Waals surface area contributed by atoms with Crippen LogP contribution in [-0.4, -0.2) is 69.3 Å². The Hall–Kier alpha value is -2.85. The molecule has 2 heterocycles. The number of phosphoric ester groups is 2. The van der Waals surface area contributed by atoms with Crippen molar-refractivity contribution in [2.45, 2.75) is 206 Å². The molecular weight excluding hydrogens is 848 g/mol. The van der Waals surface area contributed by atoms with E-state index in [0.717, 1.165) is 55.9 Å². The number of esters is 2. The van der Waals surface area contributed by atoms with Gasteiger partial charge in [0.05, 0.1) is 25.4 Å². The van der Waals surface area contributed by atoms with E-state index in [2.05, 4.69) is 33.2 Å². The fourth-order valence-electron chi connectivity index (χ4n) is 7.03. The number of nitrogens with one attached hydrogen (secondary N) is 1. The molecule has 1 aliphatic heterocycles. The first-order valence-corrected chi connectivity index (χ1v) is 25.7. The molecule has 1 fully saturated rings. The van der Waals surface area contributed by atoms with Crippen LogP contribution in [0.1, 0.15) is 186 Å². The Balaban J connectivity index is 1.89. The third kappa shape index (κ3) is 24.9. The molecule has 21 heteroatoms. The van der Waals surface area contributed by atoms with Crippen LogP contribution < -0.4 is 11.2 Å². The quantitative estimate of drug-likeness (QED) is 0.0140. The zero-order chi connectivity index (χ0) is 45.6. The van der Waals surface area contributed by atoms with E-state index >= 15 is 0 Å². The SMILES string of the molecule is CCCCCCCCCCCCCC(=O)OCC(COP(=O)(O)OP(=O)(O)OC[C@H]1O[C@@H](n2cc(C)c(=O)[nH]c2=O)C[C@@H]1N=[N+]=[N-])OC(=O)CCCCCCCCCCCCC. The number of phosphoric acid groups is 2. The topological polar surface area (TPSA) is 268 Å². The number of aryl methyl sites for hydroxylation is 1. The number of nitrogens with zero attached hydrogens (tertiary/aromatic N) is 4. The number of aromatic nitrogens is 2. The van der Waals surface area contributed by atoms with Crippen LogP contribution in [0.25, 0.3) is 10.4 Å². The van der Waals surface area contributed by atoms with E-state index in [4.69, 9.17) is 28.8 Å². The number of carbonyl (C=O) groups is 2. The number of ether oxygens (including phenoxy) is 3. The Morgan fingerprint density at radius 1 is 0.806 bits per heavy atom. The number of azide groups is 1. The van der Waals surface area contributed by atoms with E-state index in [0.29, 0.717) is 12.8 Å². The standard InChI is InChI=1S/C41H73N5O14P2/c1-4-6-8-10-12-14-16-18-20-22-24-26-38(47)55-30-34(58-39(48)27-25-23-21-19-17-15-13-11-9-7-5-2)31-56-61(51,52)60-62(53,54)57-32-36-35(44-45-42)28-37(59-36)46-29-33(3)40(49)43-41(46)50/h29,34-37H,4-28,30-32H2,1-3H3,(H,51,52)(H,53,54)(H,43,49,50)/t34?,35-,36+,37+/m0/s1. The summed E-state index contributed by atoms with van der Waals surface area (Å²) >= 11 is 0. The second kappa shape index (κ2) is 31.9. The number of hydrogen-bond donors (Lipinski definition) is 3. The molecule has 3 N–H and O–H groups in total. The summed E-state index contributed by atoms with van der Waals surface area (Å²) in [5, 5.41) is 3.59. The molecule has 19 nitrogen and oxygen atoms in total. The van der Waals surface area contributed by atoms with Crippen LogP contribution in [0, 0.1) is 6.92 Å². The first kappa shape index (κ1) is 55.3. The minimum absolute atomic E-state index is 0.0601. The number of carbonyl (C=O) groups excluding carboxylic acids is 2. The minimum atomic E-state index is -5.39. The predicted molar refractivity (Wildman–Crippen MR) is 233 cm³/mol. The van der Waals surface area contributed by atoms with E-state index in [1.807, 2.05) is 0 Å². The number of H-pyrrole nitrogens is 1. The summed E-state index contributed by atoms with van der Waals surface area (Å²) < 4.78 is 57.5. The lowest BCUT2D eigenvalue weighted by molar-refractivity contribution is -0.161. The summed E-state index contributed by atoms with van der Waals surface area (Å²) in [4.78, 5) is 75.1. The Kier molecular flexibility index (Phi) is 28.5. The molecule has 0 aromatic carbocycles. The van der Waals surface area contributed by atoms with Crippen molar-refractivity contribution in [1.82, 2.24) is 9.55 Å². The smallest absolute Gasteiger partial charge is 0.462 e. The molecule has 1 aliphatic rings. The molecule has 0 bridgehead atoms. The van der Waals surface area contributed by atoms with Gasteiger partial charge in [-0.05, 0) is 25.3 Å². The molecular formula is C41H73N5O14P2. The summed E-state index contributed by atoms with van der Waals surface area (Å²) in [5.74, 6) is -1.18. The zero-order valence-corrected chi connectivity index (χ0v) is 39.0. The van der Waals surface area contributed by atoms with Crippen molar-refractivity contribution in [1.29, 1.82) is 0 Å². The van der Waals surface area contributed by atoms with Crippen LogP contribution in [0.4, 0.5) is 0 Å². The van der Waals surface area contributed by atoms with Gasteiger partial charge in [0, 0.05) is 35.9 Å². The average molecular weight is 922 g/mol. The Labute approximate surface area is 366 Å². The highest BCUT2D eigenvalue weighted by Gasteiger charge is 2.41. The highest BCUT2D eigenvalue weighted by molar-refractivity contribution is 7.61. The van der Waals surface area contributed by atoms with Crippen molar-refractivity contribution in [3.8, 4) is 0 Å². The highest BCUT2D eigenvalue weighted by atomic mass is 31.3. The fourth-order valence-corrected chi connectivity index (χ4v) is 9.14. The summed E-state index contributed by atoms with van der Waals surface area (Å²) in [6, 6.07) is -1.01. The summed E-state index contributed by atoms with van der Waals surface area (Å²) in [6.07, 6.45) is 22.0. The molecule has 1 aromatic rings. The van der Waals surface area contributed by atoms with Gasteiger partial charge in [-0.25, -0.2) is 13.9 Å². The van der Waals surface area contributed by atoms with Crippen LogP contribution in [0.15, 0.2) is 20.9 Å². The van der Waals surface area contributed by atoms with E-state index < -0.39 is 83.1 Å². The third-order valence-electron chi connectivity index (χ3n) is 10.6.